The number of hydrogen-bond acceptors (Lipinski definition) is 4. The smallest absolute Gasteiger partial charge is 0.416 e. The molecule has 27 heavy (non-hydrogen) atoms. The molecule has 1 aliphatic rings. The number of rotatable bonds is 8. The summed E-state index contributed by atoms with van der Waals surface area (Å²) in [5.41, 5.74) is 2.18. The lowest BCUT2D eigenvalue weighted by Crippen LogP contribution is -2.43. The average molecular weight is 367 g/mol. The normalized spacial score (nSPS) is 17.6. The molecule has 2 atom stereocenters. The van der Waals surface area contributed by atoms with Crippen LogP contribution in [0, 0.1) is 5.92 Å². The fourth-order valence-corrected chi connectivity index (χ4v) is 3.15. The highest BCUT2D eigenvalue weighted by atomic mass is 16.6. The SMILES string of the molecule is C[C@H](CCOCc1ccccc1)C(=O)N1C(=O)OC[C@H]1Cc1ccccc1. The van der Waals surface area contributed by atoms with Crippen molar-refractivity contribution in [2.24, 2.45) is 5.92 Å². The molecule has 142 valence electrons. The maximum atomic E-state index is 12.8. The van der Waals surface area contributed by atoms with Crippen LogP contribution in [0.15, 0.2) is 60.7 Å². The van der Waals surface area contributed by atoms with E-state index in [-0.39, 0.29) is 24.5 Å². The zero-order valence-corrected chi connectivity index (χ0v) is 15.5. The fraction of sp³-hybridized carbons (Fsp3) is 0.364. The summed E-state index contributed by atoms with van der Waals surface area (Å²) in [6.45, 7) is 3.06. The molecule has 1 heterocycles. The van der Waals surface area contributed by atoms with Crippen molar-refractivity contribution in [1.82, 2.24) is 4.90 Å². The van der Waals surface area contributed by atoms with Crippen LogP contribution in [-0.4, -0.2) is 36.2 Å². The van der Waals surface area contributed by atoms with Gasteiger partial charge < -0.3 is 9.47 Å². The molecule has 0 N–H and O–H groups in total. The van der Waals surface area contributed by atoms with E-state index in [9.17, 15) is 9.59 Å². The minimum Gasteiger partial charge on any atom is -0.447 e. The highest BCUT2D eigenvalue weighted by Crippen LogP contribution is 2.21. The molecule has 5 nitrogen and oxygen atoms in total. The van der Waals surface area contributed by atoms with Crippen LogP contribution in [0.5, 0.6) is 0 Å². The summed E-state index contributed by atoms with van der Waals surface area (Å²) in [6.07, 6.45) is 0.626. The molecule has 1 aliphatic heterocycles. The number of carbonyl (C=O) groups excluding carboxylic acids is 2. The van der Waals surface area contributed by atoms with E-state index in [4.69, 9.17) is 9.47 Å². The number of benzene rings is 2. The fourth-order valence-electron chi connectivity index (χ4n) is 3.15. The quantitative estimate of drug-likeness (QED) is 0.666. The summed E-state index contributed by atoms with van der Waals surface area (Å²) in [4.78, 5) is 26.2. The molecule has 1 saturated heterocycles. The molecule has 5 heteroatoms. The van der Waals surface area contributed by atoms with Crippen molar-refractivity contribution in [3.63, 3.8) is 0 Å². The Labute approximate surface area is 159 Å². The van der Waals surface area contributed by atoms with Crippen molar-refractivity contribution in [3.8, 4) is 0 Å². The molecule has 0 saturated carbocycles. The van der Waals surface area contributed by atoms with Gasteiger partial charge in [0.25, 0.3) is 0 Å². The molecule has 0 aromatic heterocycles. The van der Waals surface area contributed by atoms with Crippen LogP contribution in [-0.2, 0) is 27.3 Å². The van der Waals surface area contributed by atoms with Gasteiger partial charge in [-0.2, -0.15) is 0 Å². The van der Waals surface area contributed by atoms with Crippen LogP contribution in [0.3, 0.4) is 0 Å². The first-order chi connectivity index (χ1) is 13.1. The van der Waals surface area contributed by atoms with E-state index in [2.05, 4.69) is 0 Å². The second-order valence-electron chi connectivity index (χ2n) is 6.86. The molecule has 0 radical (unpaired) electrons. The van der Waals surface area contributed by atoms with E-state index in [1.54, 1.807) is 0 Å². The number of imide groups is 1. The molecule has 2 amide bonds. The van der Waals surface area contributed by atoms with Gasteiger partial charge in [-0.3, -0.25) is 4.79 Å². The third-order valence-electron chi connectivity index (χ3n) is 4.74. The van der Waals surface area contributed by atoms with Gasteiger partial charge in [0.1, 0.15) is 6.61 Å². The van der Waals surface area contributed by atoms with Crippen molar-refractivity contribution < 1.29 is 19.1 Å². The minimum atomic E-state index is -0.544. The first kappa shape index (κ1) is 19.1. The van der Waals surface area contributed by atoms with Crippen molar-refractivity contribution in [1.29, 1.82) is 0 Å². The Hall–Kier alpha value is -2.66. The Kier molecular flexibility index (Phi) is 6.60. The Morgan fingerprint density at radius 2 is 1.74 bits per heavy atom. The van der Waals surface area contributed by atoms with Crippen LogP contribution in [0.4, 0.5) is 4.79 Å². The predicted octanol–water partition coefficient (Wildman–Crippen LogP) is 3.82. The van der Waals surface area contributed by atoms with Gasteiger partial charge in [-0.15, -0.1) is 0 Å². The third-order valence-corrected chi connectivity index (χ3v) is 4.74. The zero-order chi connectivity index (χ0) is 19.1. The van der Waals surface area contributed by atoms with Gasteiger partial charge in [0.05, 0.1) is 12.6 Å². The monoisotopic (exact) mass is 367 g/mol. The summed E-state index contributed by atoms with van der Waals surface area (Å²) in [6, 6.07) is 19.5. The summed E-state index contributed by atoms with van der Waals surface area (Å²) < 4.78 is 10.8. The molecule has 2 aromatic rings. The number of nitrogens with zero attached hydrogens (tertiary/aromatic N) is 1. The van der Waals surface area contributed by atoms with Crippen LogP contribution < -0.4 is 0 Å². The molecule has 2 aromatic carbocycles. The molecular formula is C22H25NO4. The second-order valence-corrected chi connectivity index (χ2v) is 6.86. The van der Waals surface area contributed by atoms with E-state index < -0.39 is 6.09 Å². The van der Waals surface area contributed by atoms with Gasteiger partial charge in [-0.1, -0.05) is 67.6 Å². The number of carbonyl (C=O) groups is 2. The van der Waals surface area contributed by atoms with E-state index >= 15 is 0 Å². The van der Waals surface area contributed by atoms with Gasteiger partial charge in [0.15, 0.2) is 0 Å². The minimum absolute atomic E-state index is 0.193. The van der Waals surface area contributed by atoms with Gasteiger partial charge >= 0.3 is 6.09 Å². The van der Waals surface area contributed by atoms with Crippen LogP contribution in [0.2, 0.25) is 0 Å². The first-order valence-electron chi connectivity index (χ1n) is 9.30. The Morgan fingerprint density at radius 1 is 1.11 bits per heavy atom. The zero-order valence-electron chi connectivity index (χ0n) is 15.5. The number of hydrogen-bond donors (Lipinski definition) is 0. The maximum absolute atomic E-state index is 12.8. The molecule has 0 spiro atoms. The number of amides is 2. The van der Waals surface area contributed by atoms with E-state index in [0.29, 0.717) is 26.1 Å². The molecule has 0 unspecified atom stereocenters. The van der Waals surface area contributed by atoms with Crippen molar-refractivity contribution in [3.05, 3.63) is 71.8 Å². The molecule has 1 fully saturated rings. The maximum Gasteiger partial charge on any atom is 0.416 e. The highest BCUT2D eigenvalue weighted by Gasteiger charge is 2.39. The Balaban J connectivity index is 1.50. The van der Waals surface area contributed by atoms with E-state index in [0.717, 1.165) is 11.1 Å². The Morgan fingerprint density at radius 3 is 2.41 bits per heavy atom. The lowest BCUT2D eigenvalue weighted by atomic mass is 10.0. The summed E-state index contributed by atoms with van der Waals surface area (Å²) >= 11 is 0. The average Bonchev–Trinajstić information content (AvgIpc) is 3.06. The van der Waals surface area contributed by atoms with E-state index in [1.165, 1.54) is 4.90 Å². The van der Waals surface area contributed by atoms with Crippen molar-refractivity contribution in [2.45, 2.75) is 32.4 Å². The first-order valence-corrected chi connectivity index (χ1v) is 9.30. The van der Waals surface area contributed by atoms with Gasteiger partial charge in [-0.05, 0) is 24.0 Å². The van der Waals surface area contributed by atoms with Crippen LogP contribution in [0.1, 0.15) is 24.5 Å². The lowest BCUT2D eigenvalue weighted by molar-refractivity contribution is -0.133. The van der Waals surface area contributed by atoms with Gasteiger partial charge in [-0.25, -0.2) is 9.69 Å². The van der Waals surface area contributed by atoms with Gasteiger partial charge in [0.2, 0.25) is 5.91 Å². The number of ether oxygens (including phenoxy) is 2. The standard InChI is InChI=1S/C22H25NO4/c1-17(12-13-26-15-19-10-6-3-7-11-19)21(24)23-20(16-27-22(23)25)14-18-8-4-2-5-9-18/h2-11,17,20H,12-16H2,1H3/t17-,20-/m1/s1. The van der Waals surface area contributed by atoms with Gasteiger partial charge in [0, 0.05) is 12.5 Å². The Bertz CT molecular complexity index is 747. The second kappa shape index (κ2) is 9.33. The molecule has 0 bridgehead atoms. The van der Waals surface area contributed by atoms with Crippen LogP contribution >= 0.6 is 0 Å². The van der Waals surface area contributed by atoms with E-state index in [1.807, 2.05) is 67.6 Å². The third kappa shape index (κ3) is 5.17. The lowest BCUT2D eigenvalue weighted by Gasteiger charge is -2.23. The molecule has 3 rings (SSSR count). The summed E-state index contributed by atoms with van der Waals surface area (Å²) in [7, 11) is 0. The predicted molar refractivity (Wildman–Crippen MR) is 102 cm³/mol. The largest absolute Gasteiger partial charge is 0.447 e. The van der Waals surface area contributed by atoms with Crippen molar-refractivity contribution >= 4 is 12.0 Å². The summed E-state index contributed by atoms with van der Waals surface area (Å²) in [5.74, 6) is -0.494. The summed E-state index contributed by atoms with van der Waals surface area (Å²) in [5, 5.41) is 0. The molecular weight excluding hydrogens is 342 g/mol. The highest BCUT2D eigenvalue weighted by molar-refractivity contribution is 5.94. The topological polar surface area (TPSA) is 55.8 Å². The number of cyclic esters (lactones) is 1. The van der Waals surface area contributed by atoms with Crippen molar-refractivity contribution in [2.75, 3.05) is 13.2 Å². The van der Waals surface area contributed by atoms with Crippen LogP contribution in [0.25, 0.3) is 0 Å². The molecule has 0 aliphatic carbocycles.